The summed E-state index contributed by atoms with van der Waals surface area (Å²) >= 11 is 1.43. The molecule has 1 aromatic carbocycles. The average molecular weight is 322 g/mol. The van der Waals surface area contributed by atoms with Gasteiger partial charge in [0.2, 0.25) is 5.13 Å². The molecule has 0 saturated heterocycles. The first-order valence-electron chi connectivity index (χ1n) is 6.64. The van der Waals surface area contributed by atoms with Crippen LogP contribution in [-0.2, 0) is 16.4 Å². The number of hydrogen-bond donors (Lipinski definition) is 1. The van der Waals surface area contributed by atoms with Crippen molar-refractivity contribution in [2.24, 2.45) is 4.40 Å². The highest BCUT2D eigenvalue weighted by atomic mass is 32.2. The number of aromatic nitrogens is 2. The molecule has 3 rings (SSSR count). The van der Waals surface area contributed by atoms with Crippen LogP contribution in [0.25, 0.3) is 0 Å². The molecule has 0 spiro atoms. The highest BCUT2D eigenvalue weighted by Gasteiger charge is 2.28. The predicted molar refractivity (Wildman–Crippen MR) is 82.3 cm³/mol. The monoisotopic (exact) mass is 322 g/mol. The quantitative estimate of drug-likeness (QED) is 0.934. The van der Waals surface area contributed by atoms with Crippen molar-refractivity contribution in [2.75, 3.05) is 5.32 Å². The van der Waals surface area contributed by atoms with Gasteiger partial charge in [-0.1, -0.05) is 36.8 Å². The second-order valence-electron chi connectivity index (χ2n) is 4.64. The summed E-state index contributed by atoms with van der Waals surface area (Å²) in [6, 6.07) is 6.74. The molecule has 0 fully saturated rings. The normalized spacial score (nSPS) is 15.6. The Morgan fingerprint density at radius 2 is 2.05 bits per heavy atom. The van der Waals surface area contributed by atoms with Crippen molar-refractivity contribution in [2.45, 2.75) is 31.1 Å². The second kappa shape index (κ2) is 5.53. The first-order chi connectivity index (χ1) is 10.1. The largest absolute Gasteiger partial charge is 0.314 e. The molecule has 110 valence electrons. The maximum Gasteiger partial charge on any atom is 0.285 e. The zero-order chi connectivity index (χ0) is 14.9. The molecule has 0 bridgehead atoms. The second-order valence-corrected chi connectivity index (χ2v) is 7.28. The van der Waals surface area contributed by atoms with Gasteiger partial charge in [-0.2, -0.15) is 8.42 Å². The lowest BCUT2D eigenvalue weighted by molar-refractivity contribution is 0.599. The van der Waals surface area contributed by atoms with E-state index < -0.39 is 10.0 Å². The summed E-state index contributed by atoms with van der Waals surface area (Å²) in [5.41, 5.74) is 0.572. The minimum Gasteiger partial charge on any atom is -0.314 e. The summed E-state index contributed by atoms with van der Waals surface area (Å²) in [4.78, 5) is 0.225. The van der Waals surface area contributed by atoms with Gasteiger partial charge in [-0.25, -0.2) is 0 Å². The van der Waals surface area contributed by atoms with E-state index in [0.717, 1.165) is 24.3 Å². The Labute approximate surface area is 127 Å². The van der Waals surface area contributed by atoms with Crippen molar-refractivity contribution in [3.8, 4) is 0 Å². The zero-order valence-corrected chi connectivity index (χ0v) is 13.0. The molecule has 1 N–H and O–H groups in total. The molecule has 8 heteroatoms. The number of amidine groups is 1. The maximum atomic E-state index is 11.9. The lowest BCUT2D eigenvalue weighted by Gasteiger charge is -2.01. The molecule has 0 saturated carbocycles. The Morgan fingerprint density at radius 3 is 2.86 bits per heavy atom. The fraction of sp³-hybridized carbons (Fsp3) is 0.308. The molecule has 1 aromatic heterocycles. The van der Waals surface area contributed by atoms with Crippen molar-refractivity contribution in [3.05, 3.63) is 34.8 Å². The van der Waals surface area contributed by atoms with Gasteiger partial charge in [0, 0.05) is 12.0 Å². The van der Waals surface area contributed by atoms with E-state index in [2.05, 4.69) is 26.8 Å². The molecule has 0 atom stereocenters. The number of hydrogen-bond acceptors (Lipinski definition) is 6. The van der Waals surface area contributed by atoms with Crippen molar-refractivity contribution in [3.63, 3.8) is 0 Å². The van der Waals surface area contributed by atoms with Crippen LogP contribution >= 0.6 is 11.3 Å². The van der Waals surface area contributed by atoms with E-state index in [1.54, 1.807) is 24.3 Å². The highest BCUT2D eigenvalue weighted by molar-refractivity contribution is 7.90. The van der Waals surface area contributed by atoms with Crippen LogP contribution in [0.2, 0.25) is 0 Å². The summed E-state index contributed by atoms with van der Waals surface area (Å²) in [7, 11) is -3.60. The number of anilines is 1. The Bertz CT molecular complexity index is 796. The number of unbranched alkanes of at least 4 members (excludes halogenated alkanes) is 1. The van der Waals surface area contributed by atoms with E-state index in [4.69, 9.17) is 0 Å². The SMILES string of the molecule is CCCCc1nnc(NC2=NS(=O)(=O)c3ccccc32)s1. The molecular weight excluding hydrogens is 308 g/mol. The number of rotatable bonds is 4. The Hall–Kier alpha value is -1.80. The number of nitrogens with one attached hydrogen (secondary N) is 1. The Kier molecular flexibility index (Phi) is 3.73. The fourth-order valence-electron chi connectivity index (χ4n) is 2.03. The number of aryl methyl sites for hydroxylation is 1. The molecule has 0 amide bonds. The van der Waals surface area contributed by atoms with Crippen LogP contribution in [0.4, 0.5) is 5.13 Å². The third-order valence-electron chi connectivity index (χ3n) is 3.07. The van der Waals surface area contributed by atoms with Crippen molar-refractivity contribution >= 4 is 32.3 Å². The molecule has 1 aliphatic heterocycles. The minimum absolute atomic E-state index is 0.225. The van der Waals surface area contributed by atoms with Crippen LogP contribution in [0.1, 0.15) is 30.3 Å². The van der Waals surface area contributed by atoms with Gasteiger partial charge < -0.3 is 5.32 Å². The smallest absolute Gasteiger partial charge is 0.285 e. The van der Waals surface area contributed by atoms with Gasteiger partial charge in [-0.3, -0.25) is 0 Å². The number of benzene rings is 1. The Balaban J connectivity index is 1.84. The Morgan fingerprint density at radius 1 is 1.24 bits per heavy atom. The van der Waals surface area contributed by atoms with Crippen molar-refractivity contribution in [1.29, 1.82) is 0 Å². The summed E-state index contributed by atoms with van der Waals surface area (Å²) in [5, 5.41) is 12.6. The van der Waals surface area contributed by atoms with Crippen molar-refractivity contribution in [1.82, 2.24) is 10.2 Å². The summed E-state index contributed by atoms with van der Waals surface area (Å²) in [5.74, 6) is 0.309. The van der Waals surface area contributed by atoms with Gasteiger partial charge >= 0.3 is 0 Å². The van der Waals surface area contributed by atoms with Crippen LogP contribution in [0.5, 0.6) is 0 Å². The maximum absolute atomic E-state index is 11.9. The van der Waals surface area contributed by atoms with Crippen LogP contribution < -0.4 is 5.32 Å². The number of nitrogens with zero attached hydrogens (tertiary/aromatic N) is 3. The van der Waals surface area contributed by atoms with Crippen LogP contribution in [-0.4, -0.2) is 24.5 Å². The average Bonchev–Trinajstić information content (AvgIpc) is 3.01. The van der Waals surface area contributed by atoms with Crippen LogP contribution in [0.3, 0.4) is 0 Å². The van der Waals surface area contributed by atoms with Gasteiger partial charge in [-0.05, 0) is 18.6 Å². The first kappa shape index (κ1) is 14.2. The molecule has 21 heavy (non-hydrogen) atoms. The lowest BCUT2D eigenvalue weighted by atomic mass is 10.2. The molecule has 6 nitrogen and oxygen atoms in total. The molecule has 2 heterocycles. The lowest BCUT2D eigenvalue weighted by Crippen LogP contribution is -2.10. The van der Waals surface area contributed by atoms with E-state index in [9.17, 15) is 8.42 Å². The number of sulfonamides is 1. The van der Waals surface area contributed by atoms with Crippen molar-refractivity contribution < 1.29 is 8.42 Å². The van der Waals surface area contributed by atoms with E-state index in [0.29, 0.717) is 16.5 Å². The molecule has 2 aromatic rings. The summed E-state index contributed by atoms with van der Waals surface area (Å²) in [6.45, 7) is 2.12. The molecule has 0 unspecified atom stereocenters. The third kappa shape index (κ3) is 2.81. The molecule has 0 aliphatic carbocycles. The predicted octanol–water partition coefficient (Wildman–Crippen LogP) is 2.44. The van der Waals surface area contributed by atoms with Gasteiger partial charge in [-0.15, -0.1) is 14.6 Å². The first-order valence-corrected chi connectivity index (χ1v) is 8.89. The van der Waals surface area contributed by atoms with E-state index in [1.807, 2.05) is 0 Å². The van der Waals surface area contributed by atoms with Gasteiger partial charge in [0.1, 0.15) is 9.90 Å². The van der Waals surface area contributed by atoms with Gasteiger partial charge in [0.05, 0.1) is 0 Å². The fourth-order valence-corrected chi connectivity index (χ4v) is 3.99. The topological polar surface area (TPSA) is 84.3 Å². The van der Waals surface area contributed by atoms with Crippen LogP contribution in [0, 0.1) is 0 Å². The van der Waals surface area contributed by atoms with E-state index in [-0.39, 0.29) is 4.90 Å². The minimum atomic E-state index is -3.60. The molecule has 0 radical (unpaired) electrons. The summed E-state index contributed by atoms with van der Waals surface area (Å²) < 4.78 is 27.7. The van der Waals surface area contributed by atoms with Gasteiger partial charge in [0.25, 0.3) is 10.0 Å². The molecular formula is C13H14N4O2S2. The zero-order valence-electron chi connectivity index (χ0n) is 11.4. The third-order valence-corrected chi connectivity index (χ3v) is 5.30. The van der Waals surface area contributed by atoms with Gasteiger partial charge in [0.15, 0.2) is 5.84 Å². The number of fused-ring (bicyclic) bond motifs is 1. The van der Waals surface area contributed by atoms with E-state index >= 15 is 0 Å². The highest BCUT2D eigenvalue weighted by Crippen LogP contribution is 2.27. The van der Waals surface area contributed by atoms with E-state index in [1.165, 1.54) is 11.3 Å². The summed E-state index contributed by atoms with van der Waals surface area (Å²) in [6.07, 6.45) is 3.05. The van der Waals surface area contributed by atoms with Crippen LogP contribution in [0.15, 0.2) is 33.6 Å². The standard InChI is InChI=1S/C13H14N4O2S2/c1-2-3-8-11-15-16-13(20-11)14-12-9-6-4-5-7-10(9)21(18,19)17-12/h4-7H,2-3,8H2,1H3,(H,14,16,17). The molecule has 1 aliphatic rings.